The van der Waals surface area contributed by atoms with Crippen LogP contribution in [0.2, 0.25) is 0 Å². The molecule has 2 amide bonds. The molecule has 13 nitrogen and oxygen atoms in total. The number of carboxylic acids is 1. The normalized spacial score (nSPS) is 21.1. The van der Waals surface area contributed by atoms with Crippen molar-refractivity contribution in [2.24, 2.45) is 5.16 Å². The Bertz CT molecular complexity index is 1110. The fourth-order valence-corrected chi connectivity index (χ4v) is 5.71. The number of rotatable bonds is 8. The lowest BCUT2D eigenvalue weighted by Gasteiger charge is -2.49. The van der Waals surface area contributed by atoms with Gasteiger partial charge in [0, 0.05) is 22.2 Å². The molecule has 0 aromatic carbocycles. The second-order valence-corrected chi connectivity index (χ2v) is 11.1. The zero-order valence-electron chi connectivity index (χ0n) is 19.4. The second-order valence-electron chi connectivity index (χ2n) is 8.32. The van der Waals surface area contributed by atoms with Crippen molar-refractivity contribution in [3.63, 3.8) is 0 Å². The van der Waals surface area contributed by atoms with E-state index in [9.17, 15) is 24.3 Å². The monoisotopic (exact) mass is 544 g/mol. The molecule has 1 saturated heterocycles. The number of nitrogen functional groups attached to an aromatic ring is 1. The van der Waals surface area contributed by atoms with E-state index in [1.807, 2.05) is 0 Å². The minimum atomic E-state index is -1.22. The Morgan fingerprint density at radius 3 is 2.60 bits per heavy atom. The van der Waals surface area contributed by atoms with Gasteiger partial charge in [-0.15, -0.1) is 23.5 Å². The number of aromatic nitrogens is 2. The van der Waals surface area contributed by atoms with Gasteiger partial charge in [-0.1, -0.05) is 5.16 Å². The zero-order valence-corrected chi connectivity index (χ0v) is 21.9. The maximum Gasteiger partial charge on any atom is 0.353 e. The fraction of sp³-hybridized carbons (Fsp3) is 0.526. The molecule has 4 N–H and O–H groups in total. The first-order chi connectivity index (χ1) is 16.3. The highest BCUT2D eigenvalue weighted by molar-refractivity contribution is 8.05. The molecule has 16 heteroatoms. The Hall–Kier alpha value is -2.85. The van der Waals surface area contributed by atoms with Crippen LogP contribution in [0.5, 0.6) is 0 Å². The highest BCUT2D eigenvalue weighted by atomic mass is 32.2. The third kappa shape index (κ3) is 5.87. The summed E-state index contributed by atoms with van der Waals surface area (Å²) in [5.41, 5.74) is 4.38. The van der Waals surface area contributed by atoms with Crippen molar-refractivity contribution >= 4 is 69.7 Å². The minimum Gasteiger partial charge on any atom is -0.477 e. The number of β-lactam (4-membered cyclic amide) rings is 1. The number of ether oxygens (including phenoxy) is 1. The molecule has 2 unspecified atom stereocenters. The van der Waals surface area contributed by atoms with E-state index in [0.29, 0.717) is 10.7 Å². The highest BCUT2D eigenvalue weighted by Crippen LogP contribution is 2.42. The van der Waals surface area contributed by atoms with Gasteiger partial charge in [0.1, 0.15) is 22.7 Å². The molecule has 3 heterocycles. The standard InChI is InChI=1S/C19H24N6O7S3/c1-7(17(30)31-19(2,3)4)32-23-9(12-22-18(20)35-24-12)13(26)21-10-14(27)25-11(16(28)29)8(33-5)6-34-15(10)25/h7,10,15H,6H2,1-5H3,(H,21,26)(H,28,29)(H2,20,22,24)/b23-9+/t7?,10?,15-/m1/s1. The first-order valence-corrected chi connectivity index (χ1v) is 13.2. The van der Waals surface area contributed by atoms with Gasteiger partial charge in [-0.05, 0) is 34.0 Å². The number of aliphatic carboxylic acids is 1. The van der Waals surface area contributed by atoms with Crippen molar-refractivity contribution in [1.82, 2.24) is 19.6 Å². The van der Waals surface area contributed by atoms with Gasteiger partial charge < -0.3 is 25.7 Å². The second kappa shape index (κ2) is 10.4. The van der Waals surface area contributed by atoms with E-state index in [0.717, 1.165) is 16.4 Å². The number of thioether (sulfide) groups is 2. The van der Waals surface area contributed by atoms with Crippen molar-refractivity contribution in [3.8, 4) is 0 Å². The third-order valence-electron chi connectivity index (χ3n) is 4.58. The number of nitrogens with zero attached hydrogens (tertiary/aromatic N) is 4. The van der Waals surface area contributed by atoms with Gasteiger partial charge in [0.2, 0.25) is 17.6 Å². The average molecular weight is 545 g/mol. The van der Waals surface area contributed by atoms with E-state index in [1.165, 1.54) is 30.4 Å². The van der Waals surface area contributed by atoms with Crippen LogP contribution in [0.15, 0.2) is 15.8 Å². The summed E-state index contributed by atoms with van der Waals surface area (Å²) in [6.45, 7) is 6.47. The Balaban J connectivity index is 1.78. The minimum absolute atomic E-state index is 0.0651. The fourth-order valence-electron chi connectivity index (χ4n) is 3.03. The van der Waals surface area contributed by atoms with Gasteiger partial charge in [-0.3, -0.25) is 14.5 Å². The van der Waals surface area contributed by atoms with Gasteiger partial charge in [-0.25, -0.2) is 9.59 Å². The molecule has 0 saturated carbocycles. The van der Waals surface area contributed by atoms with Crippen LogP contribution < -0.4 is 11.1 Å². The van der Waals surface area contributed by atoms with Crippen molar-refractivity contribution in [1.29, 1.82) is 0 Å². The number of nitrogens with one attached hydrogen (secondary N) is 1. The van der Waals surface area contributed by atoms with E-state index in [4.69, 9.17) is 15.3 Å². The molecule has 2 aliphatic rings. The number of hydrogen-bond acceptors (Lipinski definition) is 13. The molecule has 0 aliphatic carbocycles. The van der Waals surface area contributed by atoms with E-state index in [1.54, 1.807) is 27.0 Å². The molecule has 0 bridgehead atoms. The van der Waals surface area contributed by atoms with E-state index in [-0.39, 0.29) is 16.7 Å². The molecule has 35 heavy (non-hydrogen) atoms. The summed E-state index contributed by atoms with van der Waals surface area (Å²) >= 11 is 3.40. The summed E-state index contributed by atoms with van der Waals surface area (Å²) in [6.07, 6.45) is 0.576. The molecule has 3 rings (SSSR count). The van der Waals surface area contributed by atoms with Crippen LogP contribution in [-0.4, -0.2) is 84.0 Å². The third-order valence-corrected chi connectivity index (χ3v) is 7.41. The first-order valence-electron chi connectivity index (χ1n) is 10.2. The largest absolute Gasteiger partial charge is 0.477 e. The number of anilines is 1. The maximum atomic E-state index is 13.1. The van der Waals surface area contributed by atoms with E-state index >= 15 is 0 Å². The molecule has 190 valence electrons. The number of carboxylic acid groups (broad SMARTS) is 1. The molecule has 2 aliphatic heterocycles. The molecule has 0 spiro atoms. The van der Waals surface area contributed by atoms with Crippen LogP contribution >= 0.6 is 35.1 Å². The van der Waals surface area contributed by atoms with Crippen LogP contribution in [0.25, 0.3) is 0 Å². The SMILES string of the molecule is CSC1=C(C(=O)O)N2C(=O)C(NC(=O)/C(=N/OC(C)C(=O)OC(C)(C)C)c3nsc(N)n3)[C@H]2SC1. The number of carbonyl (C=O) groups excluding carboxylic acids is 3. The number of nitrogens with two attached hydrogens (primary N) is 1. The predicted molar refractivity (Wildman–Crippen MR) is 130 cm³/mol. The Kier molecular flexibility index (Phi) is 7.96. The smallest absolute Gasteiger partial charge is 0.353 e. The van der Waals surface area contributed by atoms with Gasteiger partial charge in [-0.2, -0.15) is 9.36 Å². The van der Waals surface area contributed by atoms with Crippen LogP contribution in [0.3, 0.4) is 0 Å². The molecule has 1 fully saturated rings. The molecular weight excluding hydrogens is 520 g/mol. The molecule has 1 aromatic rings. The summed E-state index contributed by atoms with van der Waals surface area (Å²) in [7, 11) is 0. The Morgan fingerprint density at radius 2 is 2.06 bits per heavy atom. The number of esters is 1. The van der Waals surface area contributed by atoms with Crippen LogP contribution in [0, 0.1) is 0 Å². The van der Waals surface area contributed by atoms with Crippen molar-refractivity contribution in [2.45, 2.75) is 50.8 Å². The van der Waals surface area contributed by atoms with Crippen molar-refractivity contribution < 1.29 is 33.9 Å². The zero-order chi connectivity index (χ0) is 26.1. The summed E-state index contributed by atoms with van der Waals surface area (Å²) in [6, 6.07) is -1.00. The summed E-state index contributed by atoms with van der Waals surface area (Å²) in [4.78, 5) is 60.6. The Labute approximate surface area is 213 Å². The summed E-state index contributed by atoms with van der Waals surface area (Å²) in [5.74, 6) is -3.12. The number of amides is 2. The quantitative estimate of drug-likeness (QED) is 0.180. The van der Waals surface area contributed by atoms with Gasteiger partial charge >= 0.3 is 11.9 Å². The number of oxime groups is 1. The van der Waals surface area contributed by atoms with Crippen molar-refractivity contribution in [2.75, 3.05) is 17.7 Å². The average Bonchev–Trinajstić information content (AvgIpc) is 3.20. The molecule has 3 atom stereocenters. The van der Waals surface area contributed by atoms with Crippen molar-refractivity contribution in [3.05, 3.63) is 16.4 Å². The van der Waals surface area contributed by atoms with Crippen LogP contribution in [-0.2, 0) is 28.8 Å². The van der Waals surface area contributed by atoms with Gasteiger partial charge in [0.05, 0.1) is 0 Å². The first kappa shape index (κ1) is 26.7. The van der Waals surface area contributed by atoms with E-state index < -0.39 is 52.6 Å². The van der Waals surface area contributed by atoms with Crippen LogP contribution in [0.1, 0.15) is 33.5 Å². The lowest BCUT2D eigenvalue weighted by atomic mass is 10.0. The highest BCUT2D eigenvalue weighted by Gasteiger charge is 2.54. The maximum absolute atomic E-state index is 13.1. The molecule has 1 aromatic heterocycles. The summed E-state index contributed by atoms with van der Waals surface area (Å²) in [5, 5.41) is 15.3. The number of carbonyl (C=O) groups is 4. The molecule has 0 radical (unpaired) electrons. The lowest BCUT2D eigenvalue weighted by molar-refractivity contribution is -0.167. The topological polar surface area (TPSA) is 186 Å². The van der Waals surface area contributed by atoms with Gasteiger partial charge in [0.25, 0.3) is 11.8 Å². The molecular formula is C19H24N6O7S3. The Morgan fingerprint density at radius 1 is 1.37 bits per heavy atom. The lowest BCUT2D eigenvalue weighted by Crippen LogP contribution is -2.71. The van der Waals surface area contributed by atoms with Crippen LogP contribution in [0.4, 0.5) is 5.13 Å². The van der Waals surface area contributed by atoms with E-state index in [2.05, 4.69) is 19.8 Å². The number of hydrogen-bond donors (Lipinski definition) is 3. The van der Waals surface area contributed by atoms with Gasteiger partial charge in [0.15, 0.2) is 5.13 Å². The number of fused-ring (bicyclic) bond motifs is 1. The predicted octanol–water partition coefficient (Wildman–Crippen LogP) is 0.630. The summed E-state index contributed by atoms with van der Waals surface area (Å²) < 4.78 is 9.18.